The Morgan fingerprint density at radius 2 is 2.41 bits per heavy atom. The summed E-state index contributed by atoms with van der Waals surface area (Å²) in [5.74, 6) is 1.32. The fourth-order valence-corrected chi connectivity index (χ4v) is 3.59. The largest absolute Gasteiger partial charge is 0.506 e. The number of phenols is 1. The van der Waals surface area contributed by atoms with Crippen molar-refractivity contribution in [2.45, 2.75) is 24.6 Å². The molecule has 0 aliphatic carbocycles. The lowest BCUT2D eigenvalue weighted by atomic mass is 10.2. The van der Waals surface area contributed by atoms with Gasteiger partial charge in [0, 0.05) is 11.8 Å². The number of aromatic amines is 1. The Labute approximate surface area is 103 Å². The number of para-hydroxylation sites is 1. The van der Waals surface area contributed by atoms with Crippen LogP contribution in [-0.2, 0) is 6.54 Å². The first-order chi connectivity index (χ1) is 8.25. The molecule has 5 heteroatoms. The third kappa shape index (κ3) is 1.84. The third-order valence-electron chi connectivity index (χ3n) is 3.20. The van der Waals surface area contributed by atoms with Gasteiger partial charge in [-0.25, -0.2) is 4.79 Å². The Morgan fingerprint density at radius 1 is 1.53 bits per heavy atom. The zero-order chi connectivity index (χ0) is 11.8. The Kier molecular flexibility index (Phi) is 2.63. The lowest BCUT2D eigenvalue weighted by Gasteiger charge is -2.09. The predicted molar refractivity (Wildman–Crippen MR) is 69.7 cm³/mol. The zero-order valence-electron chi connectivity index (χ0n) is 9.35. The van der Waals surface area contributed by atoms with Crippen molar-refractivity contribution >= 4 is 22.8 Å². The molecule has 1 aliphatic heterocycles. The van der Waals surface area contributed by atoms with Crippen LogP contribution in [0.25, 0.3) is 11.0 Å². The number of aromatic nitrogens is 2. The second-order valence-corrected chi connectivity index (χ2v) is 5.76. The van der Waals surface area contributed by atoms with E-state index in [9.17, 15) is 9.90 Å². The van der Waals surface area contributed by atoms with Gasteiger partial charge in [-0.15, -0.1) is 0 Å². The topological polar surface area (TPSA) is 58.0 Å². The summed E-state index contributed by atoms with van der Waals surface area (Å²) in [4.78, 5) is 14.6. The lowest BCUT2D eigenvalue weighted by Crippen LogP contribution is -2.21. The molecule has 4 nitrogen and oxygen atoms in total. The number of hydrogen-bond donors (Lipinski definition) is 2. The second kappa shape index (κ2) is 4.14. The summed E-state index contributed by atoms with van der Waals surface area (Å²) in [6.07, 6.45) is 2.40. The number of nitrogens with zero attached hydrogens (tertiary/aromatic N) is 1. The minimum absolute atomic E-state index is 0.131. The monoisotopic (exact) mass is 250 g/mol. The number of benzene rings is 1. The van der Waals surface area contributed by atoms with Gasteiger partial charge < -0.3 is 10.1 Å². The number of nitrogens with one attached hydrogen (secondary N) is 1. The molecule has 1 aliphatic rings. The van der Waals surface area contributed by atoms with Crippen molar-refractivity contribution in [3.8, 4) is 5.75 Å². The first-order valence-corrected chi connectivity index (χ1v) is 6.82. The van der Waals surface area contributed by atoms with Crippen LogP contribution in [-0.4, -0.2) is 25.7 Å². The van der Waals surface area contributed by atoms with Crippen molar-refractivity contribution in [1.29, 1.82) is 0 Å². The first-order valence-electron chi connectivity index (χ1n) is 5.78. The maximum atomic E-state index is 11.9. The molecule has 1 unspecified atom stereocenters. The van der Waals surface area contributed by atoms with E-state index in [4.69, 9.17) is 0 Å². The molecule has 2 N–H and O–H groups in total. The molecule has 0 amide bonds. The van der Waals surface area contributed by atoms with Gasteiger partial charge >= 0.3 is 5.69 Å². The predicted octanol–water partition coefficient (Wildman–Crippen LogP) is 1.93. The van der Waals surface area contributed by atoms with Crippen LogP contribution < -0.4 is 5.69 Å². The fourth-order valence-electron chi connectivity index (χ4n) is 2.34. The van der Waals surface area contributed by atoms with Crippen LogP contribution in [0.5, 0.6) is 5.75 Å². The van der Waals surface area contributed by atoms with Crippen LogP contribution in [0.2, 0.25) is 0 Å². The van der Waals surface area contributed by atoms with E-state index in [2.05, 4.69) is 4.98 Å². The average Bonchev–Trinajstić information content (AvgIpc) is 2.91. The van der Waals surface area contributed by atoms with Gasteiger partial charge in [0.2, 0.25) is 0 Å². The number of hydrogen-bond acceptors (Lipinski definition) is 3. The molecule has 1 aromatic carbocycles. The van der Waals surface area contributed by atoms with Crippen LogP contribution >= 0.6 is 11.8 Å². The van der Waals surface area contributed by atoms with E-state index in [-0.39, 0.29) is 11.4 Å². The van der Waals surface area contributed by atoms with E-state index < -0.39 is 0 Å². The molecule has 1 fully saturated rings. The fraction of sp³-hybridized carbons (Fsp3) is 0.417. The molecule has 2 aromatic rings. The standard InChI is InChI=1S/C12H14N2O2S/c15-10-5-1-4-9-11(10)13-12(16)14(9)7-8-3-2-6-17-8/h1,4-5,8,15H,2-3,6-7H2,(H,13,16). The van der Waals surface area contributed by atoms with Gasteiger partial charge in [-0.3, -0.25) is 4.57 Å². The number of fused-ring (bicyclic) bond motifs is 1. The third-order valence-corrected chi connectivity index (χ3v) is 4.58. The lowest BCUT2D eigenvalue weighted by molar-refractivity contribution is 0.480. The molecule has 17 heavy (non-hydrogen) atoms. The van der Waals surface area contributed by atoms with Crippen LogP contribution in [0.15, 0.2) is 23.0 Å². The van der Waals surface area contributed by atoms with Crippen molar-refractivity contribution in [3.05, 3.63) is 28.7 Å². The number of rotatable bonds is 2. The number of aromatic hydroxyl groups is 1. The minimum Gasteiger partial charge on any atom is -0.506 e. The molecule has 3 rings (SSSR count). The van der Waals surface area contributed by atoms with Crippen LogP contribution in [0, 0.1) is 0 Å². The SMILES string of the molecule is O=c1[nH]c2c(O)cccc2n1CC1CCCS1. The Bertz CT molecular complexity index is 596. The number of thioether (sulfide) groups is 1. The van der Waals surface area contributed by atoms with Crippen molar-refractivity contribution in [3.63, 3.8) is 0 Å². The van der Waals surface area contributed by atoms with Crippen molar-refractivity contribution in [1.82, 2.24) is 9.55 Å². The Hall–Kier alpha value is -1.36. The van der Waals surface area contributed by atoms with Gasteiger partial charge in [-0.2, -0.15) is 11.8 Å². The summed E-state index contributed by atoms with van der Waals surface area (Å²) in [7, 11) is 0. The van der Waals surface area contributed by atoms with Crippen LogP contribution in [0.3, 0.4) is 0 Å². The molecule has 90 valence electrons. The maximum Gasteiger partial charge on any atom is 0.326 e. The first kappa shape index (κ1) is 10.8. The summed E-state index contributed by atoms with van der Waals surface area (Å²) in [5, 5.41) is 10.2. The van der Waals surface area contributed by atoms with E-state index in [1.54, 1.807) is 16.7 Å². The molecule has 1 atom stereocenters. The molecule has 0 radical (unpaired) electrons. The average molecular weight is 250 g/mol. The highest BCUT2D eigenvalue weighted by atomic mass is 32.2. The second-order valence-electron chi connectivity index (χ2n) is 4.35. The molecule has 2 heterocycles. The van der Waals surface area contributed by atoms with Gasteiger partial charge in [0.15, 0.2) is 0 Å². The smallest absolute Gasteiger partial charge is 0.326 e. The highest BCUT2D eigenvalue weighted by molar-refractivity contribution is 8.00. The number of phenolic OH excluding ortho intramolecular Hbond substituents is 1. The molecule has 0 spiro atoms. The van der Waals surface area contributed by atoms with Crippen LogP contribution in [0.1, 0.15) is 12.8 Å². The highest BCUT2D eigenvalue weighted by Gasteiger charge is 2.19. The normalized spacial score (nSPS) is 20.1. The van der Waals surface area contributed by atoms with E-state index >= 15 is 0 Å². The molecule has 0 saturated carbocycles. The van der Waals surface area contributed by atoms with E-state index in [0.29, 0.717) is 10.8 Å². The number of imidazole rings is 1. The molecular weight excluding hydrogens is 236 g/mol. The summed E-state index contributed by atoms with van der Waals surface area (Å²) < 4.78 is 1.73. The van der Waals surface area contributed by atoms with Crippen LogP contribution in [0.4, 0.5) is 0 Å². The molecular formula is C12H14N2O2S. The molecule has 1 aromatic heterocycles. The summed E-state index contributed by atoms with van der Waals surface area (Å²) in [6, 6.07) is 5.22. The van der Waals surface area contributed by atoms with Gasteiger partial charge in [0.05, 0.1) is 5.52 Å². The summed E-state index contributed by atoms with van der Waals surface area (Å²) >= 11 is 1.93. The Balaban J connectivity index is 2.06. The van der Waals surface area contributed by atoms with Crippen molar-refractivity contribution in [2.75, 3.05) is 5.75 Å². The zero-order valence-corrected chi connectivity index (χ0v) is 10.2. The number of H-pyrrole nitrogens is 1. The Morgan fingerprint density at radius 3 is 3.18 bits per heavy atom. The molecule has 0 bridgehead atoms. The van der Waals surface area contributed by atoms with Gasteiger partial charge in [-0.05, 0) is 30.7 Å². The summed E-state index contributed by atoms with van der Waals surface area (Å²) in [5.41, 5.74) is 1.21. The maximum absolute atomic E-state index is 11.9. The van der Waals surface area contributed by atoms with Crippen molar-refractivity contribution in [2.24, 2.45) is 0 Å². The van der Waals surface area contributed by atoms with E-state index in [1.165, 1.54) is 18.6 Å². The molecule has 1 saturated heterocycles. The minimum atomic E-state index is -0.131. The van der Waals surface area contributed by atoms with E-state index in [0.717, 1.165) is 12.1 Å². The summed E-state index contributed by atoms with van der Waals surface area (Å²) in [6.45, 7) is 0.729. The highest BCUT2D eigenvalue weighted by Crippen LogP contribution is 2.28. The van der Waals surface area contributed by atoms with Gasteiger partial charge in [-0.1, -0.05) is 6.07 Å². The van der Waals surface area contributed by atoms with Gasteiger partial charge in [0.25, 0.3) is 0 Å². The quantitative estimate of drug-likeness (QED) is 0.856. The van der Waals surface area contributed by atoms with Crippen molar-refractivity contribution < 1.29 is 5.11 Å². The van der Waals surface area contributed by atoms with Gasteiger partial charge in [0.1, 0.15) is 11.3 Å². The van der Waals surface area contributed by atoms with E-state index in [1.807, 2.05) is 17.8 Å².